The summed E-state index contributed by atoms with van der Waals surface area (Å²) < 4.78 is 1.85. The standard InChI is InChI=1S/C14H27N5/c1-12(2)10-19-8-5-13(6-9-19)15-7-4-14-16-11-17-18(14)3/h11-13,15H,4-10H2,1-3H3. The van der Waals surface area contributed by atoms with Crippen LogP contribution in [-0.2, 0) is 13.5 Å². The number of aryl methyl sites for hydroxylation is 1. The maximum Gasteiger partial charge on any atom is 0.138 e. The van der Waals surface area contributed by atoms with Gasteiger partial charge in [-0.15, -0.1) is 0 Å². The fourth-order valence-corrected chi connectivity index (χ4v) is 2.77. The molecule has 0 bridgehead atoms. The van der Waals surface area contributed by atoms with Crippen molar-refractivity contribution in [2.45, 2.75) is 39.2 Å². The monoisotopic (exact) mass is 265 g/mol. The van der Waals surface area contributed by atoms with Crippen molar-refractivity contribution >= 4 is 0 Å². The van der Waals surface area contributed by atoms with Gasteiger partial charge in [0.1, 0.15) is 12.2 Å². The van der Waals surface area contributed by atoms with Crippen LogP contribution in [0.3, 0.4) is 0 Å². The smallest absolute Gasteiger partial charge is 0.138 e. The Bertz CT molecular complexity index is 366. The fraction of sp³-hybridized carbons (Fsp3) is 0.857. The molecule has 2 rings (SSSR count). The van der Waals surface area contributed by atoms with E-state index in [1.807, 2.05) is 11.7 Å². The molecule has 0 spiro atoms. The molecule has 1 aromatic rings. The van der Waals surface area contributed by atoms with Gasteiger partial charge in [0, 0.05) is 32.6 Å². The lowest BCUT2D eigenvalue weighted by atomic mass is 10.0. The molecule has 0 radical (unpaired) electrons. The minimum Gasteiger partial charge on any atom is -0.313 e. The third-order valence-electron chi connectivity index (χ3n) is 3.80. The van der Waals surface area contributed by atoms with Crippen LogP contribution in [0.25, 0.3) is 0 Å². The zero-order valence-corrected chi connectivity index (χ0v) is 12.5. The number of nitrogens with zero attached hydrogens (tertiary/aromatic N) is 4. The van der Waals surface area contributed by atoms with Gasteiger partial charge in [0.2, 0.25) is 0 Å². The molecular weight excluding hydrogens is 238 g/mol. The lowest BCUT2D eigenvalue weighted by molar-refractivity contribution is 0.180. The summed E-state index contributed by atoms with van der Waals surface area (Å²) in [5, 5.41) is 7.74. The highest BCUT2D eigenvalue weighted by Gasteiger charge is 2.18. The van der Waals surface area contributed by atoms with Gasteiger partial charge < -0.3 is 10.2 Å². The lowest BCUT2D eigenvalue weighted by Crippen LogP contribution is -2.44. The topological polar surface area (TPSA) is 46.0 Å². The Morgan fingerprint density at radius 1 is 1.37 bits per heavy atom. The Morgan fingerprint density at radius 2 is 2.11 bits per heavy atom. The normalized spacial score (nSPS) is 18.3. The Morgan fingerprint density at radius 3 is 2.68 bits per heavy atom. The summed E-state index contributed by atoms with van der Waals surface area (Å²) in [6, 6.07) is 0.677. The van der Waals surface area contributed by atoms with Gasteiger partial charge in [-0.1, -0.05) is 13.8 Å². The number of hydrogen-bond acceptors (Lipinski definition) is 4. The van der Waals surface area contributed by atoms with Crippen molar-refractivity contribution in [1.29, 1.82) is 0 Å². The molecule has 0 aromatic carbocycles. The molecule has 5 heteroatoms. The summed E-state index contributed by atoms with van der Waals surface area (Å²) in [5.41, 5.74) is 0. The van der Waals surface area contributed by atoms with Gasteiger partial charge in [0.05, 0.1) is 0 Å². The summed E-state index contributed by atoms with van der Waals surface area (Å²) in [7, 11) is 1.95. The van der Waals surface area contributed by atoms with Gasteiger partial charge in [-0.05, 0) is 31.8 Å². The second-order valence-corrected chi connectivity index (χ2v) is 5.97. The van der Waals surface area contributed by atoms with Gasteiger partial charge in [-0.25, -0.2) is 4.98 Å². The number of nitrogens with one attached hydrogen (secondary N) is 1. The summed E-state index contributed by atoms with van der Waals surface area (Å²) in [5.74, 6) is 1.84. The molecule has 108 valence electrons. The quantitative estimate of drug-likeness (QED) is 0.836. The van der Waals surface area contributed by atoms with Crippen LogP contribution in [0.15, 0.2) is 6.33 Å². The first kappa shape index (κ1) is 14.5. The Labute approximate surface area is 116 Å². The predicted octanol–water partition coefficient (Wildman–Crippen LogP) is 1.07. The molecule has 1 fully saturated rings. The van der Waals surface area contributed by atoms with Crippen molar-refractivity contribution in [3.63, 3.8) is 0 Å². The van der Waals surface area contributed by atoms with Gasteiger partial charge >= 0.3 is 0 Å². The number of hydrogen-bond donors (Lipinski definition) is 1. The SMILES string of the molecule is CC(C)CN1CCC(NCCc2ncnn2C)CC1. The first-order valence-electron chi connectivity index (χ1n) is 7.43. The Kier molecular flexibility index (Phi) is 5.34. The minimum absolute atomic E-state index is 0.677. The van der Waals surface area contributed by atoms with Crippen LogP contribution in [0.4, 0.5) is 0 Å². The average Bonchev–Trinajstić information content (AvgIpc) is 2.77. The number of rotatable bonds is 6. The van der Waals surface area contributed by atoms with E-state index in [0.29, 0.717) is 6.04 Å². The van der Waals surface area contributed by atoms with Crippen LogP contribution in [0, 0.1) is 5.92 Å². The summed E-state index contributed by atoms with van der Waals surface area (Å²) >= 11 is 0. The van der Waals surface area contributed by atoms with Crippen molar-refractivity contribution in [3.05, 3.63) is 12.2 Å². The number of likely N-dealkylation sites (tertiary alicyclic amines) is 1. The van der Waals surface area contributed by atoms with E-state index in [-0.39, 0.29) is 0 Å². The molecular formula is C14H27N5. The second kappa shape index (κ2) is 7.01. The molecule has 0 unspecified atom stereocenters. The van der Waals surface area contributed by atoms with E-state index in [1.54, 1.807) is 6.33 Å². The molecule has 1 aromatic heterocycles. The fourth-order valence-electron chi connectivity index (χ4n) is 2.77. The molecule has 0 amide bonds. The highest BCUT2D eigenvalue weighted by Crippen LogP contribution is 2.12. The molecule has 1 saturated heterocycles. The number of piperidine rings is 1. The zero-order valence-electron chi connectivity index (χ0n) is 12.5. The van der Waals surface area contributed by atoms with Gasteiger partial charge in [0.15, 0.2) is 0 Å². The van der Waals surface area contributed by atoms with E-state index in [9.17, 15) is 0 Å². The van der Waals surface area contributed by atoms with E-state index in [0.717, 1.165) is 24.7 Å². The zero-order chi connectivity index (χ0) is 13.7. The molecule has 19 heavy (non-hydrogen) atoms. The maximum atomic E-state index is 4.25. The third kappa shape index (κ3) is 4.58. The van der Waals surface area contributed by atoms with Crippen LogP contribution in [-0.4, -0.2) is 51.9 Å². The van der Waals surface area contributed by atoms with Crippen LogP contribution in [0.5, 0.6) is 0 Å². The molecule has 1 aliphatic rings. The molecule has 5 nitrogen and oxygen atoms in total. The van der Waals surface area contributed by atoms with Gasteiger partial charge in [-0.2, -0.15) is 5.10 Å². The highest BCUT2D eigenvalue weighted by atomic mass is 15.3. The molecule has 1 aliphatic heterocycles. The molecule has 0 saturated carbocycles. The maximum absolute atomic E-state index is 4.25. The third-order valence-corrected chi connectivity index (χ3v) is 3.80. The first-order chi connectivity index (χ1) is 9.15. The van der Waals surface area contributed by atoms with E-state index in [1.165, 1.54) is 32.5 Å². The van der Waals surface area contributed by atoms with Crippen molar-refractivity contribution in [2.75, 3.05) is 26.2 Å². The summed E-state index contributed by atoms with van der Waals surface area (Å²) in [6.45, 7) is 9.31. The van der Waals surface area contributed by atoms with Crippen molar-refractivity contribution < 1.29 is 0 Å². The van der Waals surface area contributed by atoms with Crippen LogP contribution in [0.1, 0.15) is 32.5 Å². The Balaban J connectivity index is 1.62. The van der Waals surface area contributed by atoms with Crippen LogP contribution in [0.2, 0.25) is 0 Å². The van der Waals surface area contributed by atoms with Crippen LogP contribution < -0.4 is 5.32 Å². The predicted molar refractivity (Wildman–Crippen MR) is 77.0 cm³/mol. The molecule has 2 heterocycles. The summed E-state index contributed by atoms with van der Waals surface area (Å²) in [4.78, 5) is 6.84. The summed E-state index contributed by atoms with van der Waals surface area (Å²) in [6.07, 6.45) is 5.12. The van der Waals surface area contributed by atoms with E-state index >= 15 is 0 Å². The van der Waals surface area contributed by atoms with Crippen molar-refractivity contribution in [2.24, 2.45) is 13.0 Å². The van der Waals surface area contributed by atoms with E-state index < -0.39 is 0 Å². The Hall–Kier alpha value is -0.940. The van der Waals surface area contributed by atoms with E-state index in [2.05, 4.69) is 34.1 Å². The van der Waals surface area contributed by atoms with Crippen molar-refractivity contribution in [1.82, 2.24) is 25.0 Å². The highest BCUT2D eigenvalue weighted by molar-refractivity contribution is 4.85. The van der Waals surface area contributed by atoms with Crippen molar-refractivity contribution in [3.8, 4) is 0 Å². The van der Waals surface area contributed by atoms with Gasteiger partial charge in [-0.3, -0.25) is 4.68 Å². The molecule has 0 atom stereocenters. The molecule has 1 N–H and O–H groups in total. The molecule has 0 aliphatic carbocycles. The minimum atomic E-state index is 0.677. The van der Waals surface area contributed by atoms with E-state index in [4.69, 9.17) is 0 Å². The largest absolute Gasteiger partial charge is 0.313 e. The van der Waals surface area contributed by atoms with Crippen LogP contribution >= 0.6 is 0 Å². The average molecular weight is 265 g/mol. The second-order valence-electron chi connectivity index (χ2n) is 5.97. The lowest BCUT2D eigenvalue weighted by Gasteiger charge is -2.33. The number of aromatic nitrogens is 3. The van der Waals surface area contributed by atoms with Gasteiger partial charge in [0.25, 0.3) is 0 Å². The first-order valence-corrected chi connectivity index (χ1v) is 7.43.